The number of amides is 1. The molecule has 0 aromatic carbocycles. The number of likely N-dealkylation sites (tertiary alicyclic amines) is 1. The van der Waals surface area contributed by atoms with Gasteiger partial charge in [-0.15, -0.1) is 0 Å². The van der Waals surface area contributed by atoms with Crippen LogP contribution in [0, 0.1) is 11.3 Å². The third-order valence-corrected chi connectivity index (χ3v) is 6.62. The van der Waals surface area contributed by atoms with Crippen molar-refractivity contribution in [2.24, 2.45) is 16.3 Å². The molecule has 25 heavy (non-hydrogen) atoms. The number of aliphatic imine (C=N–C) groups is 1. The maximum absolute atomic E-state index is 12.3. The van der Waals surface area contributed by atoms with Gasteiger partial charge in [-0.1, -0.05) is 0 Å². The van der Waals surface area contributed by atoms with E-state index in [2.05, 4.69) is 18.8 Å². The van der Waals surface area contributed by atoms with Crippen LogP contribution >= 0.6 is 0 Å². The van der Waals surface area contributed by atoms with Gasteiger partial charge in [-0.3, -0.25) is 4.79 Å². The lowest BCUT2D eigenvalue weighted by molar-refractivity contribution is -0.158. The van der Waals surface area contributed by atoms with Crippen molar-refractivity contribution in [2.45, 2.75) is 77.4 Å². The van der Waals surface area contributed by atoms with Gasteiger partial charge in [-0.2, -0.15) is 0 Å². The van der Waals surface area contributed by atoms with E-state index in [9.17, 15) is 9.90 Å². The highest BCUT2D eigenvalue weighted by atomic mass is 16.5. The normalized spacial score (nSPS) is 32.1. The van der Waals surface area contributed by atoms with Crippen LogP contribution in [0.5, 0.6) is 0 Å². The summed E-state index contributed by atoms with van der Waals surface area (Å²) in [5, 5.41) is 9.38. The van der Waals surface area contributed by atoms with Crippen LogP contribution < -0.4 is 0 Å². The minimum Gasteiger partial charge on any atom is -0.474 e. The van der Waals surface area contributed by atoms with Crippen molar-refractivity contribution in [3.63, 3.8) is 0 Å². The lowest BCUT2D eigenvalue weighted by atomic mass is 9.67. The summed E-state index contributed by atoms with van der Waals surface area (Å²) in [7, 11) is 0. The molecule has 0 unspecified atom stereocenters. The maximum atomic E-state index is 12.3. The molecule has 2 aliphatic carbocycles. The van der Waals surface area contributed by atoms with E-state index in [0.29, 0.717) is 18.3 Å². The summed E-state index contributed by atoms with van der Waals surface area (Å²) in [4.78, 5) is 19.0. The number of aliphatic hydroxyl groups excluding tert-OH is 1. The molecule has 0 radical (unpaired) electrons. The predicted octanol–water partition coefficient (Wildman–Crippen LogP) is 3.03. The average Bonchev–Trinajstić information content (AvgIpc) is 2.53. The number of carbonyl (C=O) groups excluding carboxylic acids is 1. The van der Waals surface area contributed by atoms with Crippen LogP contribution in [0.1, 0.15) is 65.2 Å². The second kappa shape index (κ2) is 6.42. The lowest BCUT2D eigenvalue weighted by Crippen LogP contribution is -2.62. The topological polar surface area (TPSA) is 62.1 Å². The van der Waals surface area contributed by atoms with Gasteiger partial charge in [-0.05, 0) is 70.8 Å². The van der Waals surface area contributed by atoms with Gasteiger partial charge in [0.2, 0.25) is 11.8 Å². The van der Waals surface area contributed by atoms with Crippen LogP contribution in [0.2, 0.25) is 0 Å². The van der Waals surface area contributed by atoms with Crippen molar-refractivity contribution in [3.05, 3.63) is 11.5 Å². The minimum absolute atomic E-state index is 0.0781. The summed E-state index contributed by atoms with van der Waals surface area (Å²) in [6, 6.07) is 0. The van der Waals surface area contributed by atoms with Gasteiger partial charge in [-0.25, -0.2) is 4.99 Å². The van der Waals surface area contributed by atoms with Crippen molar-refractivity contribution in [1.82, 2.24) is 4.90 Å². The number of hydrogen-bond donors (Lipinski definition) is 1. The third kappa shape index (κ3) is 3.35. The average molecular weight is 346 g/mol. The zero-order valence-electron chi connectivity index (χ0n) is 15.5. The van der Waals surface area contributed by atoms with E-state index in [4.69, 9.17) is 4.74 Å². The molecule has 2 heterocycles. The number of rotatable bonds is 3. The highest BCUT2D eigenvalue weighted by Crippen LogP contribution is 2.46. The van der Waals surface area contributed by atoms with Gasteiger partial charge >= 0.3 is 0 Å². The Labute approximate surface area is 150 Å². The molecule has 1 spiro atoms. The standard InChI is InChI=1S/C20H30N2O3/c1-13-3-4-14(2)21-18(13)25-17-5-7-20(8-6-17)11-22(12-20)19(24)15-9-16(23)10-15/h15-17,23H,3-12H2,1-2H3. The first-order valence-electron chi connectivity index (χ1n) is 9.81. The Morgan fingerprint density at radius 1 is 1.20 bits per heavy atom. The van der Waals surface area contributed by atoms with Crippen LogP contribution in [0.4, 0.5) is 0 Å². The monoisotopic (exact) mass is 346 g/mol. The first kappa shape index (κ1) is 17.1. The van der Waals surface area contributed by atoms with Crippen molar-refractivity contribution >= 4 is 11.6 Å². The molecule has 5 heteroatoms. The Morgan fingerprint density at radius 3 is 2.52 bits per heavy atom. The second-order valence-electron chi connectivity index (χ2n) is 8.77. The van der Waals surface area contributed by atoms with Gasteiger partial charge in [0.1, 0.15) is 6.10 Å². The van der Waals surface area contributed by atoms with Gasteiger partial charge in [0, 0.05) is 30.1 Å². The minimum atomic E-state index is -0.249. The van der Waals surface area contributed by atoms with Crippen LogP contribution in [0.3, 0.4) is 0 Å². The van der Waals surface area contributed by atoms with E-state index in [1.54, 1.807) is 0 Å². The van der Waals surface area contributed by atoms with E-state index in [-0.39, 0.29) is 24.0 Å². The summed E-state index contributed by atoms with van der Waals surface area (Å²) in [5.41, 5.74) is 2.77. The molecule has 0 bridgehead atoms. The van der Waals surface area contributed by atoms with E-state index < -0.39 is 0 Å². The quantitative estimate of drug-likeness (QED) is 0.854. The number of hydrogen-bond acceptors (Lipinski definition) is 4. The fraction of sp³-hybridized carbons (Fsp3) is 0.800. The van der Waals surface area contributed by atoms with Gasteiger partial charge in [0.15, 0.2) is 0 Å². The van der Waals surface area contributed by atoms with Crippen LogP contribution in [-0.2, 0) is 9.53 Å². The first-order chi connectivity index (χ1) is 11.9. The number of ether oxygens (including phenoxy) is 1. The molecule has 4 aliphatic rings. The van der Waals surface area contributed by atoms with Gasteiger partial charge in [0.05, 0.1) is 6.10 Å². The van der Waals surface area contributed by atoms with Crippen molar-refractivity contribution in [2.75, 3.05) is 13.1 Å². The fourth-order valence-corrected chi connectivity index (χ4v) is 4.69. The molecule has 5 nitrogen and oxygen atoms in total. The third-order valence-electron chi connectivity index (χ3n) is 6.62. The summed E-state index contributed by atoms with van der Waals surface area (Å²) < 4.78 is 6.21. The molecule has 2 aliphatic heterocycles. The number of carbonyl (C=O) groups is 1. The zero-order valence-corrected chi connectivity index (χ0v) is 15.5. The molecule has 2 saturated carbocycles. The molecule has 0 atom stereocenters. The molecule has 1 amide bonds. The highest BCUT2D eigenvalue weighted by molar-refractivity contribution is 5.83. The lowest BCUT2D eigenvalue weighted by Gasteiger charge is -2.54. The Balaban J connectivity index is 1.25. The zero-order chi connectivity index (χ0) is 17.6. The largest absolute Gasteiger partial charge is 0.474 e. The SMILES string of the molecule is CC1=NC(OC2CCC3(CC2)CN(C(=O)C2CC(O)C2)C3)=C(C)CC1. The number of aliphatic hydroxyl groups is 1. The number of allylic oxidation sites excluding steroid dienone is 1. The van der Waals surface area contributed by atoms with E-state index in [1.807, 2.05) is 4.90 Å². The Kier molecular flexibility index (Phi) is 4.38. The van der Waals surface area contributed by atoms with Crippen molar-refractivity contribution < 1.29 is 14.6 Å². The molecule has 3 fully saturated rings. The fourth-order valence-electron chi connectivity index (χ4n) is 4.69. The van der Waals surface area contributed by atoms with E-state index in [0.717, 1.165) is 57.5 Å². The van der Waals surface area contributed by atoms with E-state index in [1.165, 1.54) is 11.3 Å². The van der Waals surface area contributed by atoms with E-state index >= 15 is 0 Å². The van der Waals surface area contributed by atoms with Crippen molar-refractivity contribution in [3.8, 4) is 0 Å². The Hall–Kier alpha value is -1.36. The van der Waals surface area contributed by atoms with Gasteiger partial charge in [0.25, 0.3) is 0 Å². The van der Waals surface area contributed by atoms with Gasteiger partial charge < -0.3 is 14.7 Å². The summed E-state index contributed by atoms with van der Waals surface area (Å²) in [6.45, 7) is 6.02. The summed E-state index contributed by atoms with van der Waals surface area (Å²) >= 11 is 0. The Bertz CT molecular complexity index is 602. The first-order valence-corrected chi connectivity index (χ1v) is 9.81. The summed E-state index contributed by atoms with van der Waals surface area (Å²) in [5.74, 6) is 1.20. The molecule has 1 saturated heterocycles. The molecule has 4 rings (SSSR count). The smallest absolute Gasteiger partial charge is 0.225 e. The molecular weight excluding hydrogens is 316 g/mol. The van der Waals surface area contributed by atoms with Crippen LogP contribution in [0.15, 0.2) is 16.4 Å². The number of nitrogens with zero attached hydrogens (tertiary/aromatic N) is 2. The highest BCUT2D eigenvalue weighted by Gasteiger charge is 2.49. The molecule has 0 aromatic heterocycles. The van der Waals surface area contributed by atoms with Crippen LogP contribution in [0.25, 0.3) is 0 Å². The Morgan fingerprint density at radius 2 is 1.88 bits per heavy atom. The second-order valence-corrected chi connectivity index (χ2v) is 8.77. The molecular formula is C20H30N2O3. The summed E-state index contributed by atoms with van der Waals surface area (Å²) in [6.07, 6.45) is 7.87. The molecule has 0 aromatic rings. The van der Waals surface area contributed by atoms with Crippen LogP contribution in [-0.4, -0.2) is 46.9 Å². The predicted molar refractivity (Wildman–Crippen MR) is 96.1 cm³/mol. The maximum Gasteiger partial charge on any atom is 0.225 e. The molecule has 138 valence electrons. The molecule has 1 N–H and O–H groups in total. The van der Waals surface area contributed by atoms with Crippen molar-refractivity contribution in [1.29, 1.82) is 0 Å².